The number of carbonyl (C=O) groups excluding carboxylic acids is 1. The summed E-state index contributed by atoms with van der Waals surface area (Å²) >= 11 is 6.06. The highest BCUT2D eigenvalue weighted by atomic mass is 35.5. The van der Waals surface area contributed by atoms with E-state index in [2.05, 4.69) is 34.5 Å². The maximum absolute atomic E-state index is 12.4. The number of benzene rings is 2. The Hall–Kier alpha value is -2.77. The van der Waals surface area contributed by atoms with Gasteiger partial charge in [0.25, 0.3) is 5.91 Å². The van der Waals surface area contributed by atoms with Crippen LogP contribution in [0.25, 0.3) is 0 Å². The molecule has 1 saturated heterocycles. The first-order valence-electron chi connectivity index (χ1n) is 9.11. The third-order valence-electron chi connectivity index (χ3n) is 4.82. The highest BCUT2D eigenvalue weighted by Gasteiger charge is 2.19. The Kier molecular flexibility index (Phi) is 6.51. The largest absolute Gasteiger partial charge is 0.376 e. The Morgan fingerprint density at radius 1 is 1.15 bits per heavy atom. The molecule has 0 spiro atoms. The summed E-state index contributed by atoms with van der Waals surface area (Å²) in [7, 11) is 0. The van der Waals surface area contributed by atoms with Gasteiger partial charge in [0.05, 0.1) is 10.7 Å². The van der Waals surface area contributed by atoms with Crippen LogP contribution >= 0.6 is 11.6 Å². The zero-order valence-electron chi connectivity index (χ0n) is 15.1. The van der Waals surface area contributed by atoms with E-state index in [1.54, 1.807) is 30.5 Å². The number of nitriles is 1. The summed E-state index contributed by atoms with van der Waals surface area (Å²) in [5, 5.41) is 12.5. The molecular weight excluding hydrogens is 358 g/mol. The third kappa shape index (κ3) is 5.35. The first kappa shape index (κ1) is 19.0. The van der Waals surface area contributed by atoms with Crippen LogP contribution in [0.2, 0.25) is 5.02 Å². The zero-order chi connectivity index (χ0) is 19.1. The molecule has 2 aromatic carbocycles. The van der Waals surface area contributed by atoms with Gasteiger partial charge in [0.15, 0.2) is 0 Å². The molecule has 0 saturated carbocycles. The lowest BCUT2D eigenvalue weighted by molar-refractivity contribution is -0.112. The molecule has 0 aliphatic carbocycles. The van der Waals surface area contributed by atoms with Crippen LogP contribution in [0, 0.1) is 17.2 Å². The fourth-order valence-corrected chi connectivity index (χ4v) is 3.49. The minimum atomic E-state index is -0.433. The highest BCUT2D eigenvalue weighted by Crippen LogP contribution is 2.23. The smallest absolute Gasteiger partial charge is 0.267 e. The second-order valence-corrected chi connectivity index (χ2v) is 7.16. The van der Waals surface area contributed by atoms with E-state index in [0.29, 0.717) is 16.6 Å². The fourth-order valence-electron chi connectivity index (χ4n) is 3.31. The van der Waals surface area contributed by atoms with Crippen LogP contribution in [-0.4, -0.2) is 23.9 Å². The number of nitrogens with one attached hydrogen (secondary N) is 1. The van der Waals surface area contributed by atoms with Crippen molar-refractivity contribution in [2.45, 2.75) is 19.3 Å². The van der Waals surface area contributed by atoms with Crippen molar-refractivity contribution in [2.75, 3.05) is 18.4 Å². The van der Waals surface area contributed by atoms with Gasteiger partial charge < -0.3 is 10.2 Å². The molecule has 1 amide bonds. The van der Waals surface area contributed by atoms with Crippen molar-refractivity contribution < 1.29 is 4.79 Å². The number of nitrogens with zero attached hydrogens (tertiary/aromatic N) is 2. The van der Waals surface area contributed by atoms with E-state index in [9.17, 15) is 10.1 Å². The van der Waals surface area contributed by atoms with Crippen LogP contribution in [0.4, 0.5) is 5.69 Å². The summed E-state index contributed by atoms with van der Waals surface area (Å²) in [6.45, 7) is 1.70. The van der Waals surface area contributed by atoms with Crippen molar-refractivity contribution in [1.29, 1.82) is 5.26 Å². The molecule has 1 fully saturated rings. The van der Waals surface area contributed by atoms with Gasteiger partial charge in [-0.2, -0.15) is 5.26 Å². The lowest BCUT2D eigenvalue weighted by Gasteiger charge is -2.31. The van der Waals surface area contributed by atoms with Gasteiger partial charge in [-0.3, -0.25) is 4.79 Å². The van der Waals surface area contributed by atoms with Gasteiger partial charge >= 0.3 is 0 Å². The second-order valence-electron chi connectivity index (χ2n) is 6.76. The number of anilines is 1. The van der Waals surface area contributed by atoms with Gasteiger partial charge in [-0.25, -0.2) is 0 Å². The summed E-state index contributed by atoms with van der Waals surface area (Å²) in [6.07, 6.45) is 4.86. The average Bonchev–Trinajstić information content (AvgIpc) is 2.70. The Morgan fingerprint density at radius 2 is 1.81 bits per heavy atom. The molecule has 5 heteroatoms. The molecule has 4 nitrogen and oxygen atoms in total. The van der Waals surface area contributed by atoms with Crippen molar-refractivity contribution in [3.8, 4) is 6.07 Å². The molecule has 0 aromatic heterocycles. The Labute approximate surface area is 165 Å². The minimum absolute atomic E-state index is 0.0939. The number of para-hydroxylation sites is 1. The molecule has 1 aliphatic rings. The van der Waals surface area contributed by atoms with Gasteiger partial charge in [-0.15, -0.1) is 0 Å². The third-order valence-corrected chi connectivity index (χ3v) is 5.14. The minimum Gasteiger partial charge on any atom is -0.376 e. The van der Waals surface area contributed by atoms with E-state index >= 15 is 0 Å². The number of piperidine rings is 1. The molecule has 0 radical (unpaired) electrons. The molecule has 2 aromatic rings. The normalized spacial score (nSPS) is 15.3. The number of hydrogen-bond donors (Lipinski definition) is 1. The van der Waals surface area contributed by atoms with E-state index in [4.69, 9.17) is 11.6 Å². The Balaban J connectivity index is 1.56. The average molecular weight is 380 g/mol. The number of rotatable bonds is 5. The molecule has 1 heterocycles. The van der Waals surface area contributed by atoms with Gasteiger partial charge in [0.2, 0.25) is 0 Å². The van der Waals surface area contributed by atoms with Crippen molar-refractivity contribution >= 4 is 23.2 Å². The van der Waals surface area contributed by atoms with E-state index in [1.807, 2.05) is 12.1 Å². The first-order valence-corrected chi connectivity index (χ1v) is 9.49. The summed E-state index contributed by atoms with van der Waals surface area (Å²) < 4.78 is 0. The summed E-state index contributed by atoms with van der Waals surface area (Å²) in [6, 6.07) is 19.5. The van der Waals surface area contributed by atoms with Crippen LogP contribution in [0.1, 0.15) is 18.4 Å². The summed E-state index contributed by atoms with van der Waals surface area (Å²) in [5.41, 5.74) is 1.96. The monoisotopic (exact) mass is 379 g/mol. The first-order chi connectivity index (χ1) is 13.2. The van der Waals surface area contributed by atoms with Crippen molar-refractivity contribution in [3.63, 3.8) is 0 Å². The van der Waals surface area contributed by atoms with Gasteiger partial charge in [0, 0.05) is 19.3 Å². The molecule has 1 N–H and O–H groups in total. The number of likely N-dealkylation sites (tertiary alicyclic amines) is 1. The van der Waals surface area contributed by atoms with Crippen LogP contribution in [-0.2, 0) is 11.2 Å². The van der Waals surface area contributed by atoms with Crippen molar-refractivity contribution in [2.24, 2.45) is 5.92 Å². The standard InChI is InChI=1S/C22H22ClN3O/c23-20-8-4-5-9-21(20)25-22(27)19(15-24)16-26-12-10-18(11-13-26)14-17-6-2-1-3-7-17/h1-9,16,18H,10-14H2,(H,25,27)/b19-16-. The van der Waals surface area contributed by atoms with E-state index in [1.165, 1.54) is 5.56 Å². The second kappa shape index (κ2) is 9.25. The molecular formula is C22H22ClN3O. The maximum atomic E-state index is 12.4. The van der Waals surface area contributed by atoms with Gasteiger partial charge in [-0.05, 0) is 42.9 Å². The number of amides is 1. The number of halogens is 1. The molecule has 1 aliphatic heterocycles. The predicted molar refractivity (Wildman–Crippen MR) is 108 cm³/mol. The summed E-state index contributed by atoms with van der Waals surface area (Å²) in [4.78, 5) is 14.4. The van der Waals surface area contributed by atoms with Crippen molar-refractivity contribution in [3.05, 3.63) is 77.0 Å². The van der Waals surface area contributed by atoms with E-state index < -0.39 is 5.91 Å². The van der Waals surface area contributed by atoms with Gasteiger partial charge in [-0.1, -0.05) is 54.1 Å². The zero-order valence-corrected chi connectivity index (χ0v) is 15.8. The molecule has 0 atom stereocenters. The topological polar surface area (TPSA) is 56.1 Å². The highest BCUT2D eigenvalue weighted by molar-refractivity contribution is 6.33. The Bertz CT molecular complexity index is 849. The SMILES string of the molecule is N#C/C(=C/N1CCC(Cc2ccccc2)CC1)C(=O)Nc1ccccc1Cl. The van der Waals surface area contributed by atoms with Crippen LogP contribution in [0.15, 0.2) is 66.4 Å². The predicted octanol–water partition coefficient (Wildman–Crippen LogP) is 4.64. The number of carbonyl (C=O) groups is 1. The fraction of sp³-hybridized carbons (Fsp3) is 0.273. The van der Waals surface area contributed by atoms with Gasteiger partial charge in [0.1, 0.15) is 11.6 Å². The lowest BCUT2D eigenvalue weighted by atomic mass is 9.90. The molecule has 27 heavy (non-hydrogen) atoms. The van der Waals surface area contributed by atoms with Crippen molar-refractivity contribution in [1.82, 2.24) is 4.90 Å². The molecule has 0 unspecified atom stereocenters. The lowest BCUT2D eigenvalue weighted by Crippen LogP contribution is -2.31. The van der Waals surface area contributed by atoms with E-state index in [-0.39, 0.29) is 5.57 Å². The maximum Gasteiger partial charge on any atom is 0.267 e. The quantitative estimate of drug-likeness (QED) is 0.608. The van der Waals surface area contributed by atoms with Crippen LogP contribution in [0.3, 0.4) is 0 Å². The van der Waals surface area contributed by atoms with E-state index in [0.717, 1.165) is 32.4 Å². The van der Waals surface area contributed by atoms with Crippen LogP contribution < -0.4 is 5.32 Å². The molecule has 3 rings (SSSR count). The summed E-state index contributed by atoms with van der Waals surface area (Å²) in [5.74, 6) is 0.205. The Morgan fingerprint density at radius 3 is 2.48 bits per heavy atom. The number of hydrogen-bond acceptors (Lipinski definition) is 3. The molecule has 138 valence electrons. The van der Waals surface area contributed by atoms with Crippen LogP contribution in [0.5, 0.6) is 0 Å². The molecule has 0 bridgehead atoms.